The van der Waals surface area contributed by atoms with Gasteiger partial charge in [-0.1, -0.05) is 68.9 Å². The fraction of sp³-hybridized carbons (Fsp3) is 0.446. The Hall–Kier alpha value is -8.03. The van der Waals surface area contributed by atoms with Crippen LogP contribution in [0.1, 0.15) is 95.8 Å². The molecule has 6 rings (SSSR count). The van der Waals surface area contributed by atoms with E-state index in [1.165, 1.54) is 26.7 Å². The van der Waals surface area contributed by atoms with Crippen LogP contribution in [0, 0.1) is 0 Å². The molecule has 0 bridgehead atoms. The summed E-state index contributed by atoms with van der Waals surface area (Å²) in [5, 5.41) is 10.9. The Morgan fingerprint density at radius 1 is 0.658 bits per heavy atom. The van der Waals surface area contributed by atoms with Gasteiger partial charge in [-0.2, -0.15) is 0 Å². The van der Waals surface area contributed by atoms with Crippen molar-refractivity contribution in [3.63, 3.8) is 0 Å². The van der Waals surface area contributed by atoms with Gasteiger partial charge in [0.05, 0.1) is 39.4 Å². The number of esters is 1. The van der Waals surface area contributed by atoms with Gasteiger partial charge in [-0.05, 0) is 81.0 Å². The molecule has 1 aliphatic rings. The number of H-pyrrole nitrogens is 2. The Morgan fingerprint density at radius 2 is 1.14 bits per heavy atom. The van der Waals surface area contributed by atoms with E-state index in [1.807, 2.05) is 61.5 Å². The van der Waals surface area contributed by atoms with Crippen molar-refractivity contribution < 1.29 is 52.5 Å². The standard InChI is InChI=1S/C33H41N5O5.C22H30N4O6.CH4/c1-4-8-30(40)33(25-9-6-5-7-10-25)15-17-38(18-16-33)32(42)29(19-24-11-13-27(43-3)14-12-24)37-31(41)28(36-23(2)39)20-26-21-34-22-35-26;1-22(2,3)32-21(29)26-17(11-15-12-23-13-24-15)19(27)25-18(20(28)31-5)10-14-6-8-16(30-4)9-7-14;/h5-7,9-14,21-22,28-29H,4,8,15-20H2,1-3H3,(H,34,35)(H,36,39)(H,37,41);6-9,12-13,17-18H,10-11H2,1-5H3,(H,23,24)(H,25,27)(H,26,29);1H4/t28-,29+;17-,18+;/m00./s1. The number of likely N-dealkylation sites (tertiary alicyclic amines) is 1. The van der Waals surface area contributed by atoms with E-state index in [4.69, 9.17) is 18.9 Å². The zero-order valence-electron chi connectivity index (χ0n) is 44.0. The zero-order valence-corrected chi connectivity index (χ0v) is 44.0. The van der Waals surface area contributed by atoms with E-state index in [0.29, 0.717) is 55.2 Å². The number of nitrogens with one attached hydrogen (secondary N) is 6. The number of hydrogen-bond donors (Lipinski definition) is 6. The molecule has 0 radical (unpaired) electrons. The second kappa shape index (κ2) is 29.2. The Balaban J connectivity index is 0.000000339. The summed E-state index contributed by atoms with van der Waals surface area (Å²) in [7, 11) is 4.39. The lowest BCUT2D eigenvalue weighted by atomic mass is 9.68. The fourth-order valence-electron chi connectivity index (χ4n) is 8.70. The average Bonchev–Trinajstić information content (AvgIpc) is 4.14. The molecule has 76 heavy (non-hydrogen) atoms. The predicted molar refractivity (Wildman–Crippen MR) is 285 cm³/mol. The van der Waals surface area contributed by atoms with Gasteiger partial charge in [-0.25, -0.2) is 19.6 Å². The van der Waals surface area contributed by atoms with E-state index < -0.39 is 59.1 Å². The van der Waals surface area contributed by atoms with Crippen LogP contribution in [0.2, 0.25) is 0 Å². The van der Waals surface area contributed by atoms with Gasteiger partial charge in [-0.15, -0.1) is 0 Å². The van der Waals surface area contributed by atoms with Gasteiger partial charge < -0.3 is 55.1 Å². The number of alkyl carbamates (subject to hydrolysis) is 1. The summed E-state index contributed by atoms with van der Waals surface area (Å²) in [6.45, 7) is 9.29. The number of carbonyl (C=O) groups is 7. The highest BCUT2D eigenvalue weighted by Gasteiger charge is 2.44. The van der Waals surface area contributed by atoms with E-state index >= 15 is 0 Å². The Kier molecular flexibility index (Phi) is 23.2. The number of Topliss-reactive ketones (excluding diaryl/α,β-unsaturated/α-hetero) is 1. The molecule has 5 amide bonds. The third kappa shape index (κ3) is 18.1. The lowest BCUT2D eigenvalue weighted by Gasteiger charge is -2.42. The van der Waals surface area contributed by atoms with E-state index in [1.54, 1.807) is 76.5 Å². The normalized spacial score (nSPS) is 14.3. The minimum absolute atomic E-state index is 0. The van der Waals surface area contributed by atoms with Crippen LogP contribution in [0.3, 0.4) is 0 Å². The molecule has 1 saturated heterocycles. The molecule has 20 heteroatoms. The number of nitrogens with zero attached hydrogens (tertiary/aromatic N) is 3. The van der Waals surface area contributed by atoms with Gasteiger partial charge >= 0.3 is 12.1 Å². The van der Waals surface area contributed by atoms with Crippen molar-refractivity contribution in [1.29, 1.82) is 0 Å². The number of aromatic amines is 2. The van der Waals surface area contributed by atoms with Crippen molar-refractivity contribution in [3.05, 3.63) is 132 Å². The van der Waals surface area contributed by atoms with Crippen molar-refractivity contribution in [2.45, 2.75) is 129 Å². The average molecular weight is 1050 g/mol. The van der Waals surface area contributed by atoms with Crippen LogP contribution in [0.4, 0.5) is 4.79 Å². The van der Waals surface area contributed by atoms with E-state index in [0.717, 1.165) is 23.1 Å². The summed E-state index contributed by atoms with van der Waals surface area (Å²) in [4.78, 5) is 106. The number of piperidine rings is 1. The van der Waals surface area contributed by atoms with E-state index in [-0.39, 0.29) is 50.7 Å². The third-order valence-corrected chi connectivity index (χ3v) is 12.5. The molecule has 3 heterocycles. The molecule has 0 spiro atoms. The van der Waals surface area contributed by atoms with Crippen LogP contribution in [0.25, 0.3) is 0 Å². The van der Waals surface area contributed by atoms with Crippen LogP contribution in [-0.4, -0.2) is 130 Å². The summed E-state index contributed by atoms with van der Waals surface area (Å²) in [5.41, 5.74) is 2.57. The van der Waals surface area contributed by atoms with Gasteiger partial charge in [0.2, 0.25) is 23.6 Å². The van der Waals surface area contributed by atoms with Crippen LogP contribution >= 0.6 is 0 Å². The number of ketones is 1. The minimum atomic E-state index is -1.01. The molecule has 2 aromatic heterocycles. The molecular formula is C56H75N9O11. The molecule has 0 unspecified atom stereocenters. The third-order valence-electron chi connectivity index (χ3n) is 12.5. The summed E-state index contributed by atoms with van der Waals surface area (Å²) in [6.07, 6.45) is 8.41. The summed E-state index contributed by atoms with van der Waals surface area (Å²) >= 11 is 0. The summed E-state index contributed by atoms with van der Waals surface area (Å²) in [6, 6.07) is 20.5. The van der Waals surface area contributed by atoms with Crippen LogP contribution < -0.4 is 30.7 Å². The highest BCUT2D eigenvalue weighted by Crippen LogP contribution is 2.38. The van der Waals surface area contributed by atoms with Crippen LogP contribution in [0.15, 0.2) is 104 Å². The first-order valence-corrected chi connectivity index (χ1v) is 24.9. The molecule has 3 aromatic carbocycles. The quantitative estimate of drug-likeness (QED) is 0.0468. The predicted octanol–water partition coefficient (Wildman–Crippen LogP) is 5.51. The second-order valence-corrected chi connectivity index (χ2v) is 19.2. The highest BCUT2D eigenvalue weighted by atomic mass is 16.6. The fourth-order valence-corrected chi connectivity index (χ4v) is 8.70. The van der Waals surface area contributed by atoms with Crippen molar-refractivity contribution in [1.82, 2.24) is 46.1 Å². The lowest BCUT2D eigenvalue weighted by molar-refractivity contribution is -0.145. The number of aromatic nitrogens is 4. The molecule has 5 aromatic rings. The largest absolute Gasteiger partial charge is 0.497 e. The second-order valence-electron chi connectivity index (χ2n) is 19.2. The van der Waals surface area contributed by atoms with Crippen LogP contribution in [-0.2, 0) is 69.3 Å². The molecule has 4 atom stereocenters. The van der Waals surface area contributed by atoms with Gasteiger partial charge in [0.15, 0.2) is 0 Å². The SMILES string of the molecule is C.CCCC(=O)C1(c2ccccc2)CCN(C(=O)[C@@H](Cc2ccc(OC)cc2)NC(=O)[C@H](Cc2cnc[nH]2)NC(C)=O)CC1.COC(=O)[C@@H](Cc1ccc(OC)cc1)NC(=O)[C@H](Cc1cnc[nH]1)NC(=O)OC(C)(C)C. The first kappa shape index (κ1) is 60.5. The molecule has 6 N–H and O–H groups in total. The van der Waals surface area contributed by atoms with Gasteiger partial charge in [0.25, 0.3) is 0 Å². The maximum atomic E-state index is 14.1. The van der Waals surface area contributed by atoms with Crippen molar-refractivity contribution in [2.75, 3.05) is 34.4 Å². The number of hydrogen-bond acceptors (Lipinski definition) is 13. The van der Waals surface area contributed by atoms with Gasteiger partial charge in [0, 0.05) is 75.9 Å². The van der Waals surface area contributed by atoms with Gasteiger partial charge in [-0.3, -0.25) is 24.0 Å². The maximum Gasteiger partial charge on any atom is 0.408 e. The molecule has 1 aliphatic heterocycles. The van der Waals surface area contributed by atoms with E-state index in [2.05, 4.69) is 41.2 Å². The first-order valence-electron chi connectivity index (χ1n) is 24.9. The summed E-state index contributed by atoms with van der Waals surface area (Å²) in [5.74, 6) is -0.654. The molecule has 0 saturated carbocycles. The first-order chi connectivity index (χ1) is 35.9. The zero-order chi connectivity index (χ0) is 54.5. The van der Waals surface area contributed by atoms with Crippen molar-refractivity contribution in [2.24, 2.45) is 0 Å². The monoisotopic (exact) mass is 1050 g/mol. The molecule has 410 valence electrons. The molecule has 1 fully saturated rings. The Labute approximate surface area is 445 Å². The van der Waals surface area contributed by atoms with Gasteiger partial charge in [0.1, 0.15) is 47.1 Å². The molecule has 20 nitrogen and oxygen atoms in total. The summed E-state index contributed by atoms with van der Waals surface area (Å²) < 4.78 is 20.5. The molecule has 0 aliphatic carbocycles. The number of ether oxygens (including phenoxy) is 4. The number of methoxy groups -OCH3 is 3. The van der Waals surface area contributed by atoms with Crippen LogP contribution in [0.5, 0.6) is 11.5 Å². The van der Waals surface area contributed by atoms with Crippen molar-refractivity contribution in [3.8, 4) is 11.5 Å². The smallest absolute Gasteiger partial charge is 0.408 e. The number of rotatable bonds is 22. The Morgan fingerprint density at radius 3 is 1.58 bits per heavy atom. The minimum Gasteiger partial charge on any atom is -0.497 e. The Bertz CT molecular complexity index is 2610. The number of benzene rings is 3. The number of amides is 5. The molecular weight excluding hydrogens is 975 g/mol. The topological polar surface area (TPSA) is 265 Å². The number of imidazole rings is 2. The maximum absolute atomic E-state index is 14.1. The highest BCUT2D eigenvalue weighted by molar-refractivity contribution is 5.94. The van der Waals surface area contributed by atoms with Crippen molar-refractivity contribution >= 4 is 41.5 Å². The lowest BCUT2D eigenvalue weighted by Crippen LogP contribution is -2.57. The van der Waals surface area contributed by atoms with E-state index in [9.17, 15) is 33.6 Å². The number of carbonyl (C=O) groups excluding carboxylic acids is 7.